The van der Waals surface area contributed by atoms with Crippen molar-refractivity contribution in [1.82, 2.24) is 4.57 Å². The Morgan fingerprint density at radius 1 is 0.524 bits per heavy atom. The molecule has 42 heavy (non-hydrogen) atoms. The molecule has 1 aromatic heterocycles. The summed E-state index contributed by atoms with van der Waals surface area (Å²) in [4.78, 5) is 0. The predicted octanol–water partition coefficient (Wildman–Crippen LogP) is 11.3. The number of para-hydroxylation sites is 2. The van der Waals surface area contributed by atoms with E-state index in [0.29, 0.717) is 23.7 Å². The Bertz CT molecular complexity index is 1620. The molecule has 4 aromatic carbocycles. The van der Waals surface area contributed by atoms with Gasteiger partial charge in [-0.15, -0.1) is 0 Å². The Hall–Kier alpha value is -3.43. The minimum Gasteiger partial charge on any atom is -0.194 e. The Balaban J connectivity index is 2.05. The summed E-state index contributed by atoms with van der Waals surface area (Å²) >= 11 is 3.67. The molecule has 0 bridgehead atoms. The number of aromatic nitrogens is 2. The fourth-order valence-corrected chi connectivity index (χ4v) is 6.36. The summed E-state index contributed by atoms with van der Waals surface area (Å²) in [5, 5.41) is 0. The Labute approximate surface area is 261 Å². The zero-order valence-corrected chi connectivity index (χ0v) is 27.9. The molecule has 2 nitrogen and oxygen atoms in total. The van der Waals surface area contributed by atoms with Crippen molar-refractivity contribution in [2.24, 2.45) is 0 Å². The summed E-state index contributed by atoms with van der Waals surface area (Å²) in [6.07, 6.45) is 2.39. The molecule has 0 N–H and O–H groups in total. The van der Waals surface area contributed by atoms with Gasteiger partial charge in [-0.25, -0.2) is 0 Å². The number of benzene rings is 4. The van der Waals surface area contributed by atoms with Crippen LogP contribution in [0, 0.1) is 0 Å². The molecule has 0 spiro atoms. The first-order valence-corrected chi connectivity index (χ1v) is 16.1. The number of rotatable bonds is 8. The van der Waals surface area contributed by atoms with E-state index in [1.54, 1.807) is 0 Å². The highest BCUT2D eigenvalue weighted by atomic mass is 79.9. The SMILES string of the molecule is CC(C)c1cccc(C(C)C)c1-n1c(-c2ccc(Br)cc2)c[n+](-c2c(C(C)C)cccc2C(C)C)c1-c1ccccc1. The van der Waals surface area contributed by atoms with Crippen molar-refractivity contribution in [3.8, 4) is 34.0 Å². The van der Waals surface area contributed by atoms with E-state index in [1.165, 1.54) is 56.3 Å². The molecule has 5 aromatic rings. The Kier molecular flexibility index (Phi) is 8.89. The maximum absolute atomic E-state index is 3.67. The number of hydrogen-bond donors (Lipinski definition) is 0. The van der Waals surface area contributed by atoms with Crippen molar-refractivity contribution in [1.29, 1.82) is 0 Å². The summed E-state index contributed by atoms with van der Waals surface area (Å²) < 4.78 is 6.14. The first-order valence-electron chi connectivity index (χ1n) is 15.3. The van der Waals surface area contributed by atoms with Gasteiger partial charge in [0.2, 0.25) is 0 Å². The van der Waals surface area contributed by atoms with Gasteiger partial charge in [0.05, 0.1) is 5.56 Å². The van der Waals surface area contributed by atoms with Crippen LogP contribution in [-0.4, -0.2) is 4.57 Å². The van der Waals surface area contributed by atoms with Crippen LogP contribution in [0.3, 0.4) is 0 Å². The summed E-state index contributed by atoms with van der Waals surface area (Å²) in [6, 6.07) is 33.4. The molecule has 0 aliphatic carbocycles. The second kappa shape index (κ2) is 12.4. The largest absolute Gasteiger partial charge is 0.299 e. The van der Waals surface area contributed by atoms with Gasteiger partial charge in [0.25, 0.3) is 5.82 Å². The van der Waals surface area contributed by atoms with Crippen molar-refractivity contribution in [3.63, 3.8) is 0 Å². The highest BCUT2D eigenvalue weighted by Crippen LogP contribution is 2.39. The van der Waals surface area contributed by atoms with Gasteiger partial charge in [-0.05, 0) is 60.1 Å². The lowest BCUT2D eigenvalue weighted by molar-refractivity contribution is -0.583. The highest BCUT2D eigenvalue weighted by molar-refractivity contribution is 9.10. The molecule has 3 heteroatoms. The van der Waals surface area contributed by atoms with Crippen molar-refractivity contribution < 1.29 is 4.57 Å². The molecule has 0 atom stereocenters. The smallest absolute Gasteiger partial charge is 0.194 e. The van der Waals surface area contributed by atoms with E-state index in [0.717, 1.165) is 4.47 Å². The average molecular weight is 621 g/mol. The van der Waals surface area contributed by atoms with E-state index >= 15 is 0 Å². The molecule has 1 heterocycles. The molecular formula is C39H44BrN2+. The van der Waals surface area contributed by atoms with Crippen LogP contribution in [0.15, 0.2) is 102 Å². The quantitative estimate of drug-likeness (QED) is 0.153. The zero-order chi connectivity index (χ0) is 30.1. The third-order valence-corrected chi connectivity index (χ3v) is 8.78. The van der Waals surface area contributed by atoms with Gasteiger partial charge in [0.1, 0.15) is 17.6 Å². The third kappa shape index (κ3) is 5.64. The van der Waals surface area contributed by atoms with E-state index in [4.69, 9.17) is 0 Å². The number of halogens is 1. The van der Waals surface area contributed by atoms with Gasteiger partial charge in [-0.1, -0.05) is 126 Å². The standard InChI is InChI=1S/C39H44BrN2/c1-25(2)32-16-12-17-33(26(3)4)37(32)41-24-36(29-20-22-31(40)23-21-29)42(39(41)30-14-10-9-11-15-30)38-34(27(5)6)18-13-19-35(38)28(7)8/h9-28H,1-8H3/q+1. The fraction of sp³-hybridized carbons (Fsp3) is 0.308. The van der Waals surface area contributed by atoms with Crippen LogP contribution in [0.1, 0.15) is 101 Å². The monoisotopic (exact) mass is 619 g/mol. The second-order valence-electron chi connectivity index (χ2n) is 12.6. The first kappa shape index (κ1) is 30.0. The molecule has 216 valence electrons. The maximum Gasteiger partial charge on any atom is 0.299 e. The number of hydrogen-bond acceptors (Lipinski definition) is 0. The molecule has 0 saturated carbocycles. The van der Waals surface area contributed by atoms with Gasteiger partial charge < -0.3 is 0 Å². The van der Waals surface area contributed by atoms with Gasteiger partial charge >= 0.3 is 0 Å². The van der Waals surface area contributed by atoms with Crippen molar-refractivity contribution in [3.05, 3.63) is 124 Å². The predicted molar refractivity (Wildman–Crippen MR) is 182 cm³/mol. The molecule has 0 saturated heterocycles. The summed E-state index contributed by atoms with van der Waals surface area (Å²) in [7, 11) is 0. The minimum atomic E-state index is 0.366. The van der Waals surface area contributed by atoms with Crippen molar-refractivity contribution >= 4 is 15.9 Å². The maximum atomic E-state index is 3.67. The van der Waals surface area contributed by atoms with Crippen molar-refractivity contribution in [2.45, 2.75) is 79.1 Å². The van der Waals surface area contributed by atoms with Crippen LogP contribution in [0.4, 0.5) is 0 Å². The van der Waals surface area contributed by atoms with E-state index in [-0.39, 0.29) is 0 Å². The third-order valence-electron chi connectivity index (χ3n) is 8.25. The Morgan fingerprint density at radius 2 is 1.00 bits per heavy atom. The second-order valence-corrected chi connectivity index (χ2v) is 13.5. The molecule has 0 fully saturated rings. The van der Waals surface area contributed by atoms with Crippen LogP contribution < -0.4 is 4.57 Å². The lowest BCUT2D eigenvalue weighted by Gasteiger charge is -2.20. The van der Waals surface area contributed by atoms with E-state index < -0.39 is 0 Å². The lowest BCUT2D eigenvalue weighted by Crippen LogP contribution is -2.35. The van der Waals surface area contributed by atoms with E-state index in [2.05, 4.69) is 178 Å². The summed E-state index contributed by atoms with van der Waals surface area (Å²) in [5.74, 6) is 2.67. The van der Waals surface area contributed by atoms with Gasteiger partial charge in [0.15, 0.2) is 5.69 Å². The van der Waals surface area contributed by atoms with Crippen LogP contribution in [0.25, 0.3) is 34.0 Å². The summed E-state index contributed by atoms with van der Waals surface area (Å²) in [6.45, 7) is 18.5. The van der Waals surface area contributed by atoms with Crippen molar-refractivity contribution in [2.75, 3.05) is 0 Å². The lowest BCUT2D eigenvalue weighted by atomic mass is 9.91. The van der Waals surface area contributed by atoms with Gasteiger partial charge in [-0.3, -0.25) is 0 Å². The van der Waals surface area contributed by atoms with E-state index in [9.17, 15) is 0 Å². The first-order chi connectivity index (χ1) is 20.1. The molecule has 0 amide bonds. The van der Waals surface area contributed by atoms with Gasteiger partial charge in [-0.2, -0.15) is 9.13 Å². The van der Waals surface area contributed by atoms with Gasteiger partial charge in [0, 0.05) is 32.3 Å². The minimum absolute atomic E-state index is 0.366. The zero-order valence-electron chi connectivity index (χ0n) is 26.3. The Morgan fingerprint density at radius 3 is 1.48 bits per heavy atom. The van der Waals surface area contributed by atoms with E-state index in [1.807, 2.05) is 0 Å². The molecule has 0 radical (unpaired) electrons. The fourth-order valence-electron chi connectivity index (χ4n) is 6.10. The molecule has 0 aliphatic rings. The highest BCUT2D eigenvalue weighted by Gasteiger charge is 2.34. The topological polar surface area (TPSA) is 8.81 Å². The molecule has 0 aliphatic heterocycles. The normalized spacial score (nSPS) is 11.8. The molecule has 5 rings (SSSR count). The van der Waals surface area contributed by atoms with Crippen LogP contribution in [0.5, 0.6) is 0 Å². The number of nitrogens with zero attached hydrogens (tertiary/aromatic N) is 2. The molecule has 0 unspecified atom stereocenters. The van der Waals surface area contributed by atoms with Crippen LogP contribution in [0.2, 0.25) is 0 Å². The van der Waals surface area contributed by atoms with Crippen LogP contribution >= 0.6 is 15.9 Å². The summed E-state index contributed by atoms with van der Waals surface area (Å²) in [5.41, 5.74) is 11.6. The number of imidazole rings is 1. The van der Waals surface area contributed by atoms with Crippen LogP contribution in [-0.2, 0) is 0 Å². The average Bonchev–Trinajstić information content (AvgIpc) is 3.36. The molecular weight excluding hydrogens is 576 g/mol.